The first-order valence-electron chi connectivity index (χ1n) is 5.20. The van der Waals surface area contributed by atoms with Gasteiger partial charge < -0.3 is 0 Å². The van der Waals surface area contributed by atoms with Crippen molar-refractivity contribution in [2.45, 2.75) is 25.8 Å². The van der Waals surface area contributed by atoms with Crippen LogP contribution in [0.5, 0.6) is 0 Å². The Labute approximate surface area is 99.0 Å². The SMILES string of the molecule is CC(c1ccc(Cl)cc1)N1C(=O)CCC1=O. The summed E-state index contributed by atoms with van der Waals surface area (Å²) in [5.74, 6) is -0.181. The van der Waals surface area contributed by atoms with Gasteiger partial charge in [0.05, 0.1) is 6.04 Å². The number of rotatable bonds is 2. The van der Waals surface area contributed by atoms with Gasteiger partial charge in [-0.3, -0.25) is 14.5 Å². The molecule has 0 aliphatic carbocycles. The van der Waals surface area contributed by atoms with E-state index in [0.29, 0.717) is 17.9 Å². The van der Waals surface area contributed by atoms with Gasteiger partial charge in [-0.15, -0.1) is 0 Å². The first kappa shape index (κ1) is 11.1. The molecule has 0 radical (unpaired) electrons. The molecule has 0 bridgehead atoms. The van der Waals surface area contributed by atoms with Gasteiger partial charge in [0.1, 0.15) is 0 Å². The second kappa shape index (κ2) is 4.26. The van der Waals surface area contributed by atoms with Crippen molar-refractivity contribution >= 4 is 23.4 Å². The van der Waals surface area contributed by atoms with Crippen molar-refractivity contribution in [3.8, 4) is 0 Å². The maximum absolute atomic E-state index is 11.5. The quantitative estimate of drug-likeness (QED) is 0.742. The minimum absolute atomic E-state index is 0.0903. The zero-order chi connectivity index (χ0) is 11.7. The largest absolute Gasteiger partial charge is 0.275 e. The Bertz CT molecular complexity index is 411. The number of carbonyl (C=O) groups is 2. The topological polar surface area (TPSA) is 37.4 Å². The highest BCUT2D eigenvalue weighted by atomic mass is 35.5. The van der Waals surface area contributed by atoms with Crippen LogP contribution in [0.1, 0.15) is 31.4 Å². The van der Waals surface area contributed by atoms with Crippen molar-refractivity contribution in [3.05, 3.63) is 34.9 Å². The Morgan fingerprint density at radius 2 is 1.62 bits per heavy atom. The van der Waals surface area contributed by atoms with Crippen LogP contribution >= 0.6 is 11.6 Å². The number of amides is 2. The summed E-state index contributed by atoms with van der Waals surface area (Å²) in [6.45, 7) is 1.85. The molecule has 0 saturated carbocycles. The Morgan fingerprint density at radius 1 is 1.12 bits per heavy atom. The van der Waals surface area contributed by atoms with E-state index in [9.17, 15) is 9.59 Å². The van der Waals surface area contributed by atoms with Crippen LogP contribution in [-0.2, 0) is 9.59 Å². The molecule has 2 rings (SSSR count). The van der Waals surface area contributed by atoms with Gasteiger partial charge in [-0.2, -0.15) is 0 Å². The molecular weight excluding hydrogens is 226 g/mol. The highest BCUT2D eigenvalue weighted by molar-refractivity contribution is 6.30. The van der Waals surface area contributed by atoms with Gasteiger partial charge in [-0.25, -0.2) is 0 Å². The van der Waals surface area contributed by atoms with E-state index in [1.165, 1.54) is 4.90 Å². The lowest BCUT2D eigenvalue weighted by Gasteiger charge is -2.22. The minimum Gasteiger partial charge on any atom is -0.275 e. The summed E-state index contributed by atoms with van der Waals surface area (Å²) in [4.78, 5) is 24.4. The molecule has 1 saturated heterocycles. The van der Waals surface area contributed by atoms with Crippen LogP contribution in [0, 0.1) is 0 Å². The van der Waals surface area contributed by atoms with Gasteiger partial charge in [0.15, 0.2) is 0 Å². The molecule has 0 aromatic heterocycles. The molecule has 0 N–H and O–H groups in total. The molecule has 3 nitrogen and oxygen atoms in total. The summed E-state index contributed by atoms with van der Waals surface area (Å²) in [5, 5.41) is 0.648. The van der Waals surface area contributed by atoms with Crippen molar-refractivity contribution in [2.24, 2.45) is 0 Å². The van der Waals surface area contributed by atoms with Gasteiger partial charge in [0.2, 0.25) is 11.8 Å². The zero-order valence-corrected chi connectivity index (χ0v) is 9.70. The van der Waals surface area contributed by atoms with Crippen LogP contribution < -0.4 is 0 Å². The summed E-state index contributed by atoms with van der Waals surface area (Å²) in [7, 11) is 0. The smallest absolute Gasteiger partial charge is 0.230 e. The number of likely N-dealkylation sites (tertiary alicyclic amines) is 1. The predicted molar refractivity (Wildman–Crippen MR) is 61.0 cm³/mol. The molecule has 0 spiro atoms. The second-order valence-electron chi connectivity index (χ2n) is 3.89. The third-order valence-corrected chi connectivity index (χ3v) is 3.08. The number of carbonyl (C=O) groups excluding carboxylic acids is 2. The van der Waals surface area contributed by atoms with Crippen LogP contribution in [0.2, 0.25) is 5.02 Å². The highest BCUT2D eigenvalue weighted by Crippen LogP contribution is 2.27. The van der Waals surface area contributed by atoms with E-state index < -0.39 is 0 Å². The summed E-state index contributed by atoms with van der Waals surface area (Å²) in [6.07, 6.45) is 0.660. The number of hydrogen-bond acceptors (Lipinski definition) is 2. The fraction of sp³-hybridized carbons (Fsp3) is 0.333. The Morgan fingerprint density at radius 3 is 2.12 bits per heavy atom. The molecule has 1 unspecified atom stereocenters. The monoisotopic (exact) mass is 237 g/mol. The number of hydrogen-bond donors (Lipinski definition) is 0. The summed E-state index contributed by atoms with van der Waals surface area (Å²) in [5.41, 5.74) is 0.924. The van der Waals surface area contributed by atoms with E-state index in [1.807, 2.05) is 19.1 Å². The maximum atomic E-state index is 11.5. The van der Waals surface area contributed by atoms with E-state index in [4.69, 9.17) is 11.6 Å². The Kier molecular flexibility index (Phi) is 2.97. The summed E-state index contributed by atoms with van der Waals surface area (Å²) in [6, 6.07) is 6.99. The lowest BCUT2D eigenvalue weighted by atomic mass is 10.1. The highest BCUT2D eigenvalue weighted by Gasteiger charge is 2.33. The molecule has 1 aliphatic heterocycles. The molecule has 1 heterocycles. The van der Waals surface area contributed by atoms with Gasteiger partial charge in [-0.05, 0) is 24.6 Å². The number of halogens is 1. The van der Waals surface area contributed by atoms with E-state index in [-0.39, 0.29) is 17.9 Å². The first-order chi connectivity index (χ1) is 7.59. The van der Waals surface area contributed by atoms with Crippen LogP contribution in [0.25, 0.3) is 0 Å². The van der Waals surface area contributed by atoms with Crippen molar-refractivity contribution in [1.29, 1.82) is 0 Å². The lowest BCUT2D eigenvalue weighted by Crippen LogP contribution is -2.31. The normalized spacial score (nSPS) is 18.0. The summed E-state index contributed by atoms with van der Waals surface area (Å²) < 4.78 is 0. The standard InChI is InChI=1S/C12H12ClNO2/c1-8(9-2-4-10(13)5-3-9)14-11(15)6-7-12(14)16/h2-5,8H,6-7H2,1H3. The average Bonchev–Trinajstić information content (AvgIpc) is 2.59. The van der Waals surface area contributed by atoms with Gasteiger partial charge in [0, 0.05) is 17.9 Å². The Hall–Kier alpha value is -1.35. The minimum atomic E-state index is -0.209. The van der Waals surface area contributed by atoms with Crippen molar-refractivity contribution in [1.82, 2.24) is 4.90 Å². The fourth-order valence-electron chi connectivity index (χ4n) is 1.92. The van der Waals surface area contributed by atoms with Crippen LogP contribution in [0.15, 0.2) is 24.3 Å². The molecule has 1 fully saturated rings. The van der Waals surface area contributed by atoms with Crippen molar-refractivity contribution in [2.75, 3.05) is 0 Å². The van der Waals surface area contributed by atoms with Gasteiger partial charge >= 0.3 is 0 Å². The first-order valence-corrected chi connectivity index (χ1v) is 5.58. The Balaban J connectivity index is 2.24. The zero-order valence-electron chi connectivity index (χ0n) is 8.94. The average molecular weight is 238 g/mol. The van der Waals surface area contributed by atoms with Crippen LogP contribution in [0.4, 0.5) is 0 Å². The number of benzene rings is 1. The molecule has 1 atom stereocenters. The van der Waals surface area contributed by atoms with Crippen LogP contribution in [-0.4, -0.2) is 16.7 Å². The van der Waals surface area contributed by atoms with E-state index in [2.05, 4.69) is 0 Å². The van der Waals surface area contributed by atoms with E-state index in [0.717, 1.165) is 5.56 Å². The molecule has 16 heavy (non-hydrogen) atoms. The van der Waals surface area contributed by atoms with E-state index in [1.54, 1.807) is 12.1 Å². The molecule has 84 valence electrons. The van der Waals surface area contributed by atoms with Crippen LogP contribution in [0.3, 0.4) is 0 Å². The van der Waals surface area contributed by atoms with Crippen molar-refractivity contribution in [3.63, 3.8) is 0 Å². The number of imide groups is 1. The number of nitrogens with zero attached hydrogens (tertiary/aromatic N) is 1. The van der Waals surface area contributed by atoms with Gasteiger partial charge in [0.25, 0.3) is 0 Å². The van der Waals surface area contributed by atoms with Crippen molar-refractivity contribution < 1.29 is 9.59 Å². The van der Waals surface area contributed by atoms with E-state index >= 15 is 0 Å². The molecular formula is C12H12ClNO2. The fourth-order valence-corrected chi connectivity index (χ4v) is 2.04. The molecule has 1 aliphatic rings. The third kappa shape index (κ3) is 1.95. The van der Waals surface area contributed by atoms with Gasteiger partial charge in [-0.1, -0.05) is 23.7 Å². The molecule has 2 amide bonds. The molecule has 1 aromatic rings. The summed E-state index contributed by atoms with van der Waals surface area (Å²) >= 11 is 5.79. The molecule has 4 heteroatoms. The molecule has 1 aromatic carbocycles. The second-order valence-corrected chi connectivity index (χ2v) is 4.32. The lowest BCUT2D eigenvalue weighted by molar-refractivity contribution is -0.140. The third-order valence-electron chi connectivity index (χ3n) is 2.83. The predicted octanol–water partition coefficient (Wildman–Crippen LogP) is 2.55. The maximum Gasteiger partial charge on any atom is 0.230 e.